The molecule has 0 aromatic heterocycles. The lowest BCUT2D eigenvalue weighted by atomic mass is 9.94. The Balaban J connectivity index is 1.72. The summed E-state index contributed by atoms with van der Waals surface area (Å²) in [7, 11) is 0. The van der Waals surface area contributed by atoms with Gasteiger partial charge in [-0.25, -0.2) is 0 Å². The summed E-state index contributed by atoms with van der Waals surface area (Å²) >= 11 is 0. The first-order chi connectivity index (χ1) is 13.6. The summed E-state index contributed by atoms with van der Waals surface area (Å²) in [6.07, 6.45) is 5.50. The highest BCUT2D eigenvalue weighted by Crippen LogP contribution is 2.38. The average Bonchev–Trinajstić information content (AvgIpc) is 2.71. The number of nitrogens with zero attached hydrogens (tertiary/aromatic N) is 1. The van der Waals surface area contributed by atoms with Gasteiger partial charge in [0.05, 0.1) is 5.69 Å². The Kier molecular flexibility index (Phi) is 5.33. The molecule has 1 heterocycles. The van der Waals surface area contributed by atoms with Crippen molar-refractivity contribution in [3.63, 3.8) is 0 Å². The lowest BCUT2D eigenvalue weighted by Crippen LogP contribution is -2.49. The van der Waals surface area contributed by atoms with Crippen LogP contribution in [0.15, 0.2) is 48.5 Å². The van der Waals surface area contributed by atoms with Gasteiger partial charge in [0.1, 0.15) is 11.8 Å². The van der Waals surface area contributed by atoms with Crippen molar-refractivity contribution in [3.8, 4) is 5.75 Å². The number of carbonyl (C=O) groups excluding carboxylic acids is 2. The molecule has 5 nitrogen and oxygen atoms in total. The summed E-state index contributed by atoms with van der Waals surface area (Å²) in [4.78, 5) is 27.9. The lowest BCUT2D eigenvalue weighted by Gasteiger charge is -2.36. The predicted molar refractivity (Wildman–Crippen MR) is 108 cm³/mol. The van der Waals surface area contributed by atoms with Crippen molar-refractivity contribution in [2.45, 2.75) is 51.1 Å². The van der Waals surface area contributed by atoms with E-state index in [1.54, 1.807) is 4.90 Å². The van der Waals surface area contributed by atoms with Crippen LogP contribution in [0.4, 0.5) is 5.69 Å². The number of ether oxygens (including phenoxy) is 1. The van der Waals surface area contributed by atoms with E-state index >= 15 is 0 Å². The Morgan fingerprint density at radius 3 is 2.61 bits per heavy atom. The second kappa shape index (κ2) is 8.05. The molecule has 0 saturated heterocycles. The Morgan fingerprint density at radius 1 is 1.11 bits per heavy atom. The van der Waals surface area contributed by atoms with Crippen LogP contribution in [0.2, 0.25) is 0 Å². The standard InChI is InChI=1S/C23H26N2O3/c1-16-12-13-20-19(14-16)25(21(26)15-28-20)22(17-8-4-2-5-9-17)23(27)24-18-10-6-3-7-11-18/h2,4-5,8-9,12-14,18,22H,3,6-7,10-11,15H2,1H3,(H,24,27). The first-order valence-electron chi connectivity index (χ1n) is 10.0. The van der Waals surface area contributed by atoms with Gasteiger partial charge < -0.3 is 10.1 Å². The Bertz CT molecular complexity index is 859. The maximum atomic E-state index is 13.4. The summed E-state index contributed by atoms with van der Waals surface area (Å²) in [6, 6.07) is 14.7. The number of fused-ring (bicyclic) bond motifs is 1. The fourth-order valence-corrected chi connectivity index (χ4v) is 4.14. The summed E-state index contributed by atoms with van der Waals surface area (Å²) in [5.41, 5.74) is 2.48. The minimum Gasteiger partial charge on any atom is -0.482 e. The van der Waals surface area contributed by atoms with Gasteiger partial charge in [-0.15, -0.1) is 0 Å². The van der Waals surface area contributed by atoms with Crippen LogP contribution in [0.5, 0.6) is 5.75 Å². The van der Waals surface area contributed by atoms with Crippen LogP contribution in [0, 0.1) is 6.92 Å². The summed E-state index contributed by atoms with van der Waals surface area (Å²) in [6.45, 7) is 1.91. The number of amides is 2. The highest BCUT2D eigenvalue weighted by Gasteiger charge is 2.37. The third kappa shape index (κ3) is 3.75. The largest absolute Gasteiger partial charge is 0.482 e. The second-order valence-corrected chi connectivity index (χ2v) is 7.68. The first kappa shape index (κ1) is 18.5. The molecule has 0 radical (unpaired) electrons. The number of benzene rings is 2. The molecule has 1 aliphatic heterocycles. The van der Waals surface area contributed by atoms with E-state index in [4.69, 9.17) is 4.74 Å². The Hall–Kier alpha value is -2.82. The molecule has 28 heavy (non-hydrogen) atoms. The highest BCUT2D eigenvalue weighted by atomic mass is 16.5. The molecule has 146 valence electrons. The Morgan fingerprint density at radius 2 is 1.86 bits per heavy atom. The van der Waals surface area contributed by atoms with Gasteiger partial charge in [0.2, 0.25) is 5.91 Å². The molecule has 0 bridgehead atoms. The van der Waals surface area contributed by atoms with Gasteiger partial charge in [0.25, 0.3) is 5.91 Å². The molecule has 1 aliphatic carbocycles. The van der Waals surface area contributed by atoms with Crippen molar-refractivity contribution in [2.75, 3.05) is 11.5 Å². The molecule has 5 heteroatoms. The number of nitrogens with one attached hydrogen (secondary N) is 1. The van der Waals surface area contributed by atoms with E-state index in [0.29, 0.717) is 11.4 Å². The number of hydrogen-bond donors (Lipinski definition) is 1. The van der Waals surface area contributed by atoms with Crippen molar-refractivity contribution in [2.24, 2.45) is 0 Å². The van der Waals surface area contributed by atoms with E-state index in [-0.39, 0.29) is 24.5 Å². The molecule has 1 N–H and O–H groups in total. The zero-order valence-corrected chi connectivity index (χ0v) is 16.2. The lowest BCUT2D eigenvalue weighted by molar-refractivity contribution is -0.128. The topological polar surface area (TPSA) is 58.6 Å². The molecule has 1 saturated carbocycles. The zero-order chi connectivity index (χ0) is 19.5. The molecule has 2 aromatic carbocycles. The fourth-order valence-electron chi connectivity index (χ4n) is 4.14. The van der Waals surface area contributed by atoms with Crippen molar-refractivity contribution in [3.05, 3.63) is 59.7 Å². The summed E-state index contributed by atoms with van der Waals surface area (Å²) < 4.78 is 5.61. The van der Waals surface area contributed by atoms with E-state index < -0.39 is 6.04 Å². The first-order valence-corrected chi connectivity index (χ1v) is 10.0. The molecule has 4 rings (SSSR count). The van der Waals surface area contributed by atoms with Gasteiger partial charge >= 0.3 is 0 Å². The van der Waals surface area contributed by atoms with Crippen molar-refractivity contribution >= 4 is 17.5 Å². The normalized spacial score (nSPS) is 18.2. The van der Waals surface area contributed by atoms with Crippen LogP contribution in [-0.2, 0) is 9.59 Å². The zero-order valence-electron chi connectivity index (χ0n) is 16.2. The molecule has 2 aliphatic rings. The number of aryl methyl sites for hydroxylation is 1. The van der Waals surface area contributed by atoms with Crippen LogP contribution < -0.4 is 15.0 Å². The van der Waals surface area contributed by atoms with Gasteiger partial charge in [0.15, 0.2) is 6.61 Å². The molecular weight excluding hydrogens is 352 g/mol. The predicted octanol–water partition coefficient (Wildman–Crippen LogP) is 3.91. The van der Waals surface area contributed by atoms with E-state index in [9.17, 15) is 9.59 Å². The van der Waals surface area contributed by atoms with Gasteiger partial charge in [-0.1, -0.05) is 55.7 Å². The maximum absolute atomic E-state index is 13.4. The van der Waals surface area contributed by atoms with Gasteiger partial charge in [-0.2, -0.15) is 0 Å². The van der Waals surface area contributed by atoms with Crippen LogP contribution in [-0.4, -0.2) is 24.5 Å². The van der Waals surface area contributed by atoms with Crippen molar-refractivity contribution in [1.29, 1.82) is 0 Å². The van der Waals surface area contributed by atoms with Crippen molar-refractivity contribution in [1.82, 2.24) is 5.32 Å². The molecule has 2 aromatic rings. The fraction of sp³-hybridized carbons (Fsp3) is 0.391. The van der Waals surface area contributed by atoms with Gasteiger partial charge in [-0.05, 0) is 43.0 Å². The van der Waals surface area contributed by atoms with Gasteiger partial charge in [0, 0.05) is 6.04 Å². The number of rotatable bonds is 4. The second-order valence-electron chi connectivity index (χ2n) is 7.68. The SMILES string of the molecule is Cc1ccc2c(c1)N(C(C(=O)NC1CCCCC1)c1ccccc1)C(=O)CO2. The van der Waals surface area contributed by atoms with Crippen molar-refractivity contribution < 1.29 is 14.3 Å². The highest BCUT2D eigenvalue weighted by molar-refractivity contribution is 6.04. The minimum atomic E-state index is -0.708. The van der Waals surface area contributed by atoms with Gasteiger partial charge in [-0.3, -0.25) is 14.5 Å². The van der Waals surface area contributed by atoms with Crippen LogP contribution in [0.25, 0.3) is 0 Å². The van der Waals surface area contributed by atoms with Crippen LogP contribution in [0.1, 0.15) is 49.3 Å². The number of anilines is 1. The van der Waals surface area contributed by atoms with E-state index in [2.05, 4.69) is 5.32 Å². The summed E-state index contributed by atoms with van der Waals surface area (Å²) in [5.74, 6) is 0.308. The molecule has 1 fully saturated rings. The van der Waals surface area contributed by atoms with Crippen LogP contribution in [0.3, 0.4) is 0 Å². The van der Waals surface area contributed by atoms with E-state index in [0.717, 1.165) is 36.8 Å². The van der Waals surface area contributed by atoms with Crippen LogP contribution >= 0.6 is 0 Å². The third-order valence-corrected chi connectivity index (χ3v) is 5.57. The number of hydrogen-bond acceptors (Lipinski definition) is 3. The number of carbonyl (C=O) groups is 2. The molecule has 2 amide bonds. The average molecular weight is 378 g/mol. The van der Waals surface area contributed by atoms with E-state index in [1.165, 1.54) is 6.42 Å². The van der Waals surface area contributed by atoms with E-state index in [1.807, 2.05) is 55.5 Å². The monoisotopic (exact) mass is 378 g/mol. The maximum Gasteiger partial charge on any atom is 0.266 e. The molecule has 1 unspecified atom stereocenters. The Labute approximate surface area is 165 Å². The molecule has 0 spiro atoms. The third-order valence-electron chi connectivity index (χ3n) is 5.57. The molecule has 1 atom stereocenters. The smallest absolute Gasteiger partial charge is 0.266 e. The minimum absolute atomic E-state index is 0.0594. The molecular formula is C23H26N2O3. The summed E-state index contributed by atoms with van der Waals surface area (Å²) in [5, 5.41) is 3.21. The quantitative estimate of drug-likeness (QED) is 0.878.